The molecule has 2 heteroatoms. The molecule has 0 aliphatic heterocycles. The second kappa shape index (κ2) is 7.29. The zero-order valence-electron chi connectivity index (χ0n) is 13.6. The average molecular weight is 318 g/mol. The van der Waals surface area contributed by atoms with Crippen molar-refractivity contribution in [1.29, 1.82) is 0 Å². The Balaban J connectivity index is 2.00. The molecule has 1 nitrogen and oxygen atoms in total. The molecule has 3 rings (SSSR count). The molecule has 0 N–H and O–H groups in total. The summed E-state index contributed by atoms with van der Waals surface area (Å²) in [6.45, 7) is 2.36. The summed E-state index contributed by atoms with van der Waals surface area (Å²) in [6, 6.07) is 30.5. The van der Waals surface area contributed by atoms with Gasteiger partial charge in [0.25, 0.3) is 0 Å². The molecule has 1 atom stereocenters. The lowest BCUT2D eigenvalue weighted by Crippen LogP contribution is -2.46. The van der Waals surface area contributed by atoms with Gasteiger partial charge in [-0.15, -0.1) is 0 Å². The van der Waals surface area contributed by atoms with Gasteiger partial charge in [-0.2, -0.15) is 0 Å². The molecule has 0 fully saturated rings. The van der Waals surface area contributed by atoms with Gasteiger partial charge >= 0.3 is 0 Å². The van der Waals surface area contributed by atoms with Gasteiger partial charge in [-0.25, -0.2) is 0 Å². The number of ether oxygens (including phenoxy) is 1. The number of hydrogen-bond acceptors (Lipinski definition) is 1. The van der Waals surface area contributed by atoms with Crippen LogP contribution in [0, 0.1) is 0 Å². The van der Waals surface area contributed by atoms with Gasteiger partial charge in [-0.1, -0.05) is 90.1 Å². The van der Waals surface area contributed by atoms with Crippen molar-refractivity contribution >= 4 is 19.2 Å². The Bertz CT molecular complexity index is 683. The van der Waals surface area contributed by atoms with Crippen LogP contribution in [-0.2, 0) is 0 Å². The van der Waals surface area contributed by atoms with Crippen LogP contribution < -0.4 is 15.1 Å². The maximum atomic E-state index is 5.29. The molecule has 0 amide bonds. The van der Waals surface area contributed by atoms with Crippen molar-refractivity contribution in [3.8, 4) is 5.75 Å². The van der Waals surface area contributed by atoms with Crippen molar-refractivity contribution in [2.75, 3.05) is 7.11 Å². The topological polar surface area (TPSA) is 9.23 Å². The summed E-state index contributed by atoms with van der Waals surface area (Å²) in [5.41, 5.74) is 1.90. The van der Waals surface area contributed by atoms with E-state index < -0.39 is 8.80 Å². The fraction of sp³-hybridized carbons (Fsp3) is 0.143. The highest BCUT2D eigenvalue weighted by Crippen LogP contribution is 2.21. The van der Waals surface area contributed by atoms with Gasteiger partial charge in [0.1, 0.15) is 14.5 Å². The highest BCUT2D eigenvalue weighted by molar-refractivity contribution is 6.86. The summed E-state index contributed by atoms with van der Waals surface area (Å²) in [5.74, 6) is 0.915. The Morgan fingerprint density at radius 1 is 0.696 bits per heavy atom. The lowest BCUT2D eigenvalue weighted by Gasteiger charge is -2.24. The lowest BCUT2D eigenvalue weighted by molar-refractivity contribution is 0.414. The third-order valence-corrected chi connectivity index (χ3v) is 8.05. The molecule has 0 unspecified atom stereocenters. The maximum Gasteiger partial charge on any atom is 0.118 e. The van der Waals surface area contributed by atoms with Crippen LogP contribution >= 0.6 is 0 Å². The average Bonchev–Trinajstić information content (AvgIpc) is 2.64. The van der Waals surface area contributed by atoms with Crippen molar-refractivity contribution in [1.82, 2.24) is 0 Å². The monoisotopic (exact) mass is 318 g/mol. The van der Waals surface area contributed by atoms with Crippen molar-refractivity contribution in [2.45, 2.75) is 12.5 Å². The summed E-state index contributed by atoms with van der Waals surface area (Å²) in [7, 11) is 0.376. The van der Waals surface area contributed by atoms with E-state index >= 15 is 0 Å². The SMILES string of the molecule is COc1ccc([C@@H](C)[SiH](c2ccccc2)c2ccccc2)cc1. The second-order valence-electron chi connectivity index (χ2n) is 5.86. The van der Waals surface area contributed by atoms with E-state index in [4.69, 9.17) is 4.74 Å². The molecule has 0 heterocycles. The van der Waals surface area contributed by atoms with Gasteiger partial charge in [0.05, 0.1) is 7.11 Å². The first-order valence-corrected chi connectivity index (χ1v) is 9.85. The standard InChI is InChI=1S/C21H22OSi/c1-17(18-13-15-19(22-2)16-14-18)23(20-9-5-3-6-10-20)21-11-7-4-8-12-21/h3-17,23H,1-2H3/t17-/m1/s1. The second-order valence-corrected chi connectivity index (χ2v) is 9.15. The number of rotatable bonds is 5. The zero-order chi connectivity index (χ0) is 16.1. The van der Waals surface area contributed by atoms with Crippen molar-refractivity contribution in [3.63, 3.8) is 0 Å². The molecule has 0 aromatic heterocycles. The van der Waals surface area contributed by atoms with E-state index in [1.54, 1.807) is 7.11 Å². The normalized spacial score (nSPS) is 12.1. The van der Waals surface area contributed by atoms with E-state index in [2.05, 4.69) is 91.9 Å². The molecule has 116 valence electrons. The Morgan fingerprint density at radius 2 is 1.17 bits per heavy atom. The molecule has 0 aliphatic carbocycles. The van der Waals surface area contributed by atoms with Crippen molar-refractivity contribution < 1.29 is 4.74 Å². The summed E-state index contributed by atoms with van der Waals surface area (Å²) in [5, 5.41) is 2.98. The lowest BCUT2D eigenvalue weighted by atomic mass is 10.1. The molecule has 0 bridgehead atoms. The molecule has 0 saturated carbocycles. The first kappa shape index (κ1) is 15.6. The van der Waals surface area contributed by atoms with Crippen LogP contribution in [0.4, 0.5) is 0 Å². The van der Waals surface area contributed by atoms with Crippen LogP contribution in [-0.4, -0.2) is 15.9 Å². The Morgan fingerprint density at radius 3 is 1.61 bits per heavy atom. The van der Waals surface area contributed by atoms with Gasteiger partial charge in [0, 0.05) is 0 Å². The maximum absolute atomic E-state index is 5.29. The predicted octanol–water partition coefficient (Wildman–Crippen LogP) is 3.38. The molecular weight excluding hydrogens is 296 g/mol. The van der Waals surface area contributed by atoms with Crippen molar-refractivity contribution in [2.24, 2.45) is 0 Å². The number of benzene rings is 3. The minimum absolute atomic E-state index is 0.519. The van der Waals surface area contributed by atoms with Gasteiger partial charge < -0.3 is 4.74 Å². The Kier molecular flexibility index (Phi) is 4.94. The quantitative estimate of drug-likeness (QED) is 0.655. The minimum atomic E-state index is -1.34. The zero-order valence-corrected chi connectivity index (χ0v) is 14.8. The van der Waals surface area contributed by atoms with E-state index in [-0.39, 0.29) is 0 Å². The summed E-state index contributed by atoms with van der Waals surface area (Å²) in [6.07, 6.45) is 0. The van der Waals surface area contributed by atoms with E-state index in [1.165, 1.54) is 15.9 Å². The molecule has 23 heavy (non-hydrogen) atoms. The third kappa shape index (κ3) is 3.54. The molecular formula is C21H22OSi. The Hall–Kier alpha value is -2.32. The van der Waals surface area contributed by atoms with Crippen molar-refractivity contribution in [3.05, 3.63) is 90.5 Å². The smallest absolute Gasteiger partial charge is 0.118 e. The number of hydrogen-bond donors (Lipinski definition) is 0. The molecule has 0 radical (unpaired) electrons. The van der Waals surface area contributed by atoms with Crippen LogP contribution in [0.2, 0.25) is 0 Å². The molecule has 0 spiro atoms. The third-order valence-electron chi connectivity index (χ3n) is 4.46. The minimum Gasteiger partial charge on any atom is -0.497 e. The van der Waals surface area contributed by atoms with Crippen LogP contribution in [0.5, 0.6) is 5.75 Å². The van der Waals surface area contributed by atoms with Crippen LogP contribution in [0.15, 0.2) is 84.9 Å². The molecule has 3 aromatic carbocycles. The highest BCUT2D eigenvalue weighted by Gasteiger charge is 2.24. The number of methoxy groups -OCH3 is 1. The fourth-order valence-electron chi connectivity index (χ4n) is 3.19. The predicted molar refractivity (Wildman–Crippen MR) is 101 cm³/mol. The highest BCUT2D eigenvalue weighted by atomic mass is 28.3. The largest absolute Gasteiger partial charge is 0.497 e. The van der Waals surface area contributed by atoms with Crippen LogP contribution in [0.1, 0.15) is 18.0 Å². The van der Waals surface area contributed by atoms with Gasteiger partial charge in [-0.05, 0) is 23.2 Å². The van der Waals surface area contributed by atoms with Crippen LogP contribution in [0.25, 0.3) is 0 Å². The van der Waals surface area contributed by atoms with Gasteiger partial charge in [-0.3, -0.25) is 0 Å². The fourth-order valence-corrected chi connectivity index (χ4v) is 6.61. The van der Waals surface area contributed by atoms with Gasteiger partial charge in [0.2, 0.25) is 0 Å². The van der Waals surface area contributed by atoms with Crippen LogP contribution in [0.3, 0.4) is 0 Å². The molecule has 0 aliphatic rings. The summed E-state index contributed by atoms with van der Waals surface area (Å²) < 4.78 is 5.29. The van der Waals surface area contributed by atoms with E-state index in [0.717, 1.165) is 5.75 Å². The Labute approximate surface area is 140 Å². The van der Waals surface area contributed by atoms with E-state index in [9.17, 15) is 0 Å². The van der Waals surface area contributed by atoms with E-state index in [1.807, 2.05) is 0 Å². The van der Waals surface area contributed by atoms with E-state index in [0.29, 0.717) is 5.54 Å². The first-order valence-electron chi connectivity index (χ1n) is 8.03. The summed E-state index contributed by atoms with van der Waals surface area (Å²) >= 11 is 0. The molecule has 0 saturated heterocycles. The summed E-state index contributed by atoms with van der Waals surface area (Å²) in [4.78, 5) is 0. The first-order chi connectivity index (χ1) is 11.3. The van der Waals surface area contributed by atoms with Gasteiger partial charge in [0.15, 0.2) is 0 Å². The molecule has 3 aromatic rings.